The standard InChI is InChI=1S/C18H26N2O3S/c1-4-12-11(3)24-16(14(12)17(22)23-5-2)20-15(21)13-10-18(13)6-8-19-9-7-18/h13,19H,4-10H2,1-3H3,(H,20,21). The van der Waals surface area contributed by atoms with Crippen LogP contribution in [0, 0.1) is 18.3 Å². The van der Waals surface area contributed by atoms with Crippen LogP contribution in [-0.2, 0) is 16.0 Å². The highest BCUT2D eigenvalue weighted by molar-refractivity contribution is 7.16. The van der Waals surface area contributed by atoms with E-state index in [0.29, 0.717) is 17.2 Å². The van der Waals surface area contributed by atoms with E-state index in [2.05, 4.69) is 10.6 Å². The van der Waals surface area contributed by atoms with Gasteiger partial charge in [-0.15, -0.1) is 11.3 Å². The molecule has 1 atom stereocenters. The van der Waals surface area contributed by atoms with Crippen LogP contribution >= 0.6 is 11.3 Å². The van der Waals surface area contributed by atoms with Gasteiger partial charge in [0.05, 0.1) is 12.2 Å². The molecule has 0 bridgehead atoms. The van der Waals surface area contributed by atoms with Crippen molar-refractivity contribution in [3.8, 4) is 0 Å². The number of nitrogens with one attached hydrogen (secondary N) is 2. The average Bonchev–Trinajstić information content (AvgIpc) is 3.15. The first-order valence-electron chi connectivity index (χ1n) is 8.83. The second kappa shape index (κ2) is 6.84. The van der Waals surface area contributed by atoms with Gasteiger partial charge < -0.3 is 15.4 Å². The largest absolute Gasteiger partial charge is 0.462 e. The molecular weight excluding hydrogens is 324 g/mol. The maximum Gasteiger partial charge on any atom is 0.341 e. The van der Waals surface area contributed by atoms with Crippen LogP contribution in [0.25, 0.3) is 0 Å². The monoisotopic (exact) mass is 350 g/mol. The van der Waals surface area contributed by atoms with Crippen molar-refractivity contribution in [2.24, 2.45) is 11.3 Å². The fourth-order valence-electron chi connectivity index (χ4n) is 3.91. The number of hydrogen-bond donors (Lipinski definition) is 2. The van der Waals surface area contributed by atoms with Gasteiger partial charge in [-0.25, -0.2) is 4.79 Å². The third kappa shape index (κ3) is 3.09. The van der Waals surface area contributed by atoms with Crippen LogP contribution in [0.4, 0.5) is 5.00 Å². The summed E-state index contributed by atoms with van der Waals surface area (Å²) in [5, 5.41) is 7.05. The minimum absolute atomic E-state index is 0.0614. The molecule has 3 rings (SSSR count). The van der Waals surface area contributed by atoms with E-state index in [-0.39, 0.29) is 23.2 Å². The minimum Gasteiger partial charge on any atom is -0.462 e. The predicted octanol–water partition coefficient (Wildman–Crippen LogP) is 3.12. The molecule has 6 heteroatoms. The van der Waals surface area contributed by atoms with Gasteiger partial charge in [-0.1, -0.05) is 6.92 Å². The topological polar surface area (TPSA) is 67.4 Å². The first kappa shape index (κ1) is 17.4. The Morgan fingerprint density at radius 1 is 1.33 bits per heavy atom. The van der Waals surface area contributed by atoms with E-state index in [0.717, 1.165) is 49.2 Å². The molecule has 1 aromatic heterocycles. The second-order valence-corrected chi connectivity index (χ2v) is 8.00. The third-order valence-electron chi connectivity index (χ3n) is 5.38. The Morgan fingerprint density at radius 2 is 2.04 bits per heavy atom. The van der Waals surface area contributed by atoms with E-state index < -0.39 is 0 Å². The van der Waals surface area contributed by atoms with Crippen molar-refractivity contribution in [3.05, 3.63) is 16.0 Å². The van der Waals surface area contributed by atoms with Crippen molar-refractivity contribution in [1.82, 2.24) is 5.32 Å². The number of ether oxygens (including phenoxy) is 1. The SMILES string of the molecule is CCOC(=O)c1c(NC(=O)C2CC23CCNCC3)sc(C)c1CC. The van der Waals surface area contributed by atoms with Crippen LogP contribution in [-0.4, -0.2) is 31.6 Å². The van der Waals surface area contributed by atoms with Crippen molar-refractivity contribution in [2.75, 3.05) is 25.0 Å². The third-order valence-corrected chi connectivity index (χ3v) is 6.45. The van der Waals surface area contributed by atoms with Gasteiger partial charge in [0.2, 0.25) is 5.91 Å². The maximum absolute atomic E-state index is 12.7. The summed E-state index contributed by atoms with van der Waals surface area (Å²) in [5.41, 5.74) is 1.73. The Kier molecular flexibility index (Phi) is 4.97. The Morgan fingerprint density at radius 3 is 2.67 bits per heavy atom. The summed E-state index contributed by atoms with van der Waals surface area (Å²) in [6, 6.07) is 0. The van der Waals surface area contributed by atoms with Gasteiger partial charge in [0.1, 0.15) is 5.00 Å². The maximum atomic E-state index is 12.7. The van der Waals surface area contributed by atoms with Gasteiger partial charge >= 0.3 is 5.97 Å². The zero-order valence-electron chi connectivity index (χ0n) is 14.7. The molecule has 2 aliphatic rings. The molecule has 24 heavy (non-hydrogen) atoms. The van der Waals surface area contributed by atoms with Gasteiger partial charge in [-0.3, -0.25) is 4.79 Å². The molecule has 1 spiro atoms. The lowest BCUT2D eigenvalue weighted by Gasteiger charge is -2.23. The van der Waals surface area contributed by atoms with Crippen molar-refractivity contribution in [2.45, 2.75) is 46.5 Å². The summed E-state index contributed by atoms with van der Waals surface area (Å²) in [4.78, 5) is 26.1. The highest BCUT2D eigenvalue weighted by Gasteiger charge is 2.57. The fraction of sp³-hybridized carbons (Fsp3) is 0.667. The molecule has 0 radical (unpaired) electrons. The van der Waals surface area contributed by atoms with Crippen molar-refractivity contribution in [3.63, 3.8) is 0 Å². The zero-order chi connectivity index (χ0) is 17.3. The number of hydrogen-bond acceptors (Lipinski definition) is 5. The van der Waals surface area contributed by atoms with Gasteiger partial charge in [0.15, 0.2) is 0 Å². The average molecular weight is 350 g/mol. The van der Waals surface area contributed by atoms with E-state index in [9.17, 15) is 9.59 Å². The van der Waals surface area contributed by atoms with E-state index in [1.165, 1.54) is 11.3 Å². The molecule has 2 heterocycles. The lowest BCUT2D eigenvalue weighted by molar-refractivity contribution is -0.118. The van der Waals surface area contributed by atoms with Crippen LogP contribution in [0.1, 0.15) is 53.9 Å². The number of rotatable bonds is 5. The van der Waals surface area contributed by atoms with E-state index in [1.807, 2.05) is 13.8 Å². The van der Waals surface area contributed by atoms with Crippen molar-refractivity contribution >= 4 is 28.2 Å². The van der Waals surface area contributed by atoms with Gasteiger partial charge in [-0.2, -0.15) is 0 Å². The summed E-state index contributed by atoms with van der Waals surface area (Å²) in [5.74, 6) is -0.185. The number of piperidine rings is 1. The van der Waals surface area contributed by atoms with Gasteiger partial charge in [-0.05, 0) is 63.6 Å². The number of esters is 1. The second-order valence-electron chi connectivity index (χ2n) is 6.77. The fourth-order valence-corrected chi connectivity index (χ4v) is 5.04. The molecule has 5 nitrogen and oxygen atoms in total. The number of thiophene rings is 1. The summed E-state index contributed by atoms with van der Waals surface area (Å²) in [7, 11) is 0. The van der Waals surface area contributed by atoms with Crippen LogP contribution in [0.15, 0.2) is 0 Å². The Balaban J connectivity index is 1.77. The van der Waals surface area contributed by atoms with E-state index in [4.69, 9.17) is 4.74 Å². The molecule has 1 saturated carbocycles. The summed E-state index contributed by atoms with van der Waals surface area (Å²) < 4.78 is 5.20. The van der Waals surface area contributed by atoms with Gasteiger partial charge in [0, 0.05) is 10.8 Å². The molecule has 1 saturated heterocycles. The molecule has 1 aliphatic carbocycles. The number of aryl methyl sites for hydroxylation is 1. The predicted molar refractivity (Wildman–Crippen MR) is 95.7 cm³/mol. The molecule has 1 aliphatic heterocycles. The molecule has 2 N–H and O–H groups in total. The molecule has 2 fully saturated rings. The number of anilines is 1. The van der Waals surface area contributed by atoms with Crippen molar-refractivity contribution in [1.29, 1.82) is 0 Å². The quantitative estimate of drug-likeness (QED) is 0.801. The molecule has 132 valence electrons. The molecule has 1 amide bonds. The molecule has 1 unspecified atom stereocenters. The highest BCUT2D eigenvalue weighted by atomic mass is 32.1. The lowest BCUT2D eigenvalue weighted by atomic mass is 9.92. The summed E-state index contributed by atoms with van der Waals surface area (Å²) >= 11 is 1.48. The smallest absolute Gasteiger partial charge is 0.341 e. The van der Waals surface area contributed by atoms with Gasteiger partial charge in [0.25, 0.3) is 0 Å². The highest BCUT2D eigenvalue weighted by Crippen LogP contribution is 2.59. The number of amides is 1. The summed E-state index contributed by atoms with van der Waals surface area (Å²) in [6.07, 6.45) is 3.87. The Bertz CT molecular complexity index is 647. The number of carbonyl (C=O) groups excluding carboxylic acids is 2. The molecule has 0 aromatic carbocycles. The normalized spacial score (nSPS) is 21.5. The summed E-state index contributed by atoms with van der Waals surface area (Å²) in [6.45, 7) is 8.14. The van der Waals surface area contributed by atoms with E-state index in [1.54, 1.807) is 6.92 Å². The molecular formula is C18H26N2O3S. The first-order chi connectivity index (χ1) is 11.5. The van der Waals surface area contributed by atoms with Crippen molar-refractivity contribution < 1.29 is 14.3 Å². The lowest BCUT2D eigenvalue weighted by Crippen LogP contribution is -2.31. The zero-order valence-corrected chi connectivity index (χ0v) is 15.5. The van der Waals surface area contributed by atoms with Crippen LogP contribution in [0.5, 0.6) is 0 Å². The first-order valence-corrected chi connectivity index (χ1v) is 9.65. The van der Waals surface area contributed by atoms with Crippen LogP contribution < -0.4 is 10.6 Å². The van der Waals surface area contributed by atoms with Crippen LogP contribution in [0.2, 0.25) is 0 Å². The number of carbonyl (C=O) groups is 2. The Hall–Kier alpha value is -1.40. The Labute approximate surface area is 147 Å². The van der Waals surface area contributed by atoms with E-state index >= 15 is 0 Å². The minimum atomic E-state index is -0.332. The molecule has 1 aromatic rings. The van der Waals surface area contributed by atoms with Crippen LogP contribution in [0.3, 0.4) is 0 Å².